The van der Waals surface area contributed by atoms with Gasteiger partial charge in [-0.25, -0.2) is 0 Å². The van der Waals surface area contributed by atoms with Crippen molar-refractivity contribution >= 4 is 18.1 Å². The average molecular weight is 200 g/mol. The van der Waals surface area contributed by atoms with E-state index in [2.05, 4.69) is 0 Å². The van der Waals surface area contributed by atoms with Crippen molar-refractivity contribution in [3.05, 3.63) is 41.0 Å². The normalized spacial score (nSPS) is 14.5. The van der Waals surface area contributed by atoms with Crippen LogP contribution < -0.4 is 0 Å². The first-order valence-corrected chi connectivity index (χ1v) is 5.07. The molecule has 2 nitrogen and oxygen atoms in total. The predicted molar refractivity (Wildman–Crippen MR) is 58.8 cm³/mol. The SMILES string of the molecule is O=CCC=Cc1ccc2c(c1)C(=O)CC2. The second-order valence-corrected chi connectivity index (χ2v) is 3.64. The molecule has 1 aliphatic carbocycles. The van der Waals surface area contributed by atoms with Crippen molar-refractivity contribution in [3.8, 4) is 0 Å². The van der Waals surface area contributed by atoms with E-state index in [9.17, 15) is 9.59 Å². The van der Waals surface area contributed by atoms with E-state index in [0.29, 0.717) is 12.8 Å². The lowest BCUT2D eigenvalue weighted by Gasteiger charge is -1.98. The summed E-state index contributed by atoms with van der Waals surface area (Å²) in [5.41, 5.74) is 2.99. The molecule has 0 spiro atoms. The van der Waals surface area contributed by atoms with Crippen LogP contribution in [0.2, 0.25) is 0 Å². The molecule has 0 aromatic heterocycles. The fourth-order valence-corrected chi connectivity index (χ4v) is 1.82. The van der Waals surface area contributed by atoms with Gasteiger partial charge in [-0.15, -0.1) is 0 Å². The topological polar surface area (TPSA) is 34.1 Å². The van der Waals surface area contributed by atoms with Gasteiger partial charge in [0, 0.05) is 18.4 Å². The number of hydrogen-bond donors (Lipinski definition) is 0. The molecule has 0 bridgehead atoms. The zero-order chi connectivity index (χ0) is 10.7. The Morgan fingerprint density at radius 1 is 1.27 bits per heavy atom. The molecule has 0 fully saturated rings. The number of allylic oxidation sites excluding steroid dienone is 1. The second-order valence-electron chi connectivity index (χ2n) is 3.64. The number of aryl methyl sites for hydroxylation is 1. The molecule has 15 heavy (non-hydrogen) atoms. The summed E-state index contributed by atoms with van der Waals surface area (Å²) in [5, 5.41) is 0. The van der Waals surface area contributed by atoms with Crippen LogP contribution in [-0.4, -0.2) is 12.1 Å². The Morgan fingerprint density at radius 2 is 2.13 bits per heavy atom. The summed E-state index contributed by atoms with van der Waals surface area (Å²) in [6.45, 7) is 0. The van der Waals surface area contributed by atoms with Gasteiger partial charge in [0.05, 0.1) is 0 Å². The van der Waals surface area contributed by atoms with E-state index in [1.54, 1.807) is 6.08 Å². The van der Waals surface area contributed by atoms with Gasteiger partial charge in [-0.2, -0.15) is 0 Å². The molecule has 76 valence electrons. The van der Waals surface area contributed by atoms with Crippen LogP contribution in [0.5, 0.6) is 0 Å². The van der Waals surface area contributed by atoms with Crippen LogP contribution in [0, 0.1) is 0 Å². The fourth-order valence-electron chi connectivity index (χ4n) is 1.82. The highest BCUT2D eigenvalue weighted by atomic mass is 16.1. The maximum atomic E-state index is 11.5. The van der Waals surface area contributed by atoms with Crippen LogP contribution in [0.1, 0.15) is 34.3 Å². The van der Waals surface area contributed by atoms with E-state index in [4.69, 9.17) is 0 Å². The lowest BCUT2D eigenvalue weighted by Crippen LogP contribution is -1.91. The average Bonchev–Trinajstić information content (AvgIpc) is 2.61. The van der Waals surface area contributed by atoms with Gasteiger partial charge in [0.25, 0.3) is 0 Å². The molecule has 0 aliphatic heterocycles. The fraction of sp³-hybridized carbons (Fsp3) is 0.231. The summed E-state index contributed by atoms with van der Waals surface area (Å²) in [4.78, 5) is 21.6. The summed E-state index contributed by atoms with van der Waals surface area (Å²) in [6, 6.07) is 5.89. The van der Waals surface area contributed by atoms with Gasteiger partial charge in [0.2, 0.25) is 0 Å². The minimum absolute atomic E-state index is 0.232. The minimum Gasteiger partial charge on any atom is -0.303 e. The molecule has 1 aromatic rings. The van der Waals surface area contributed by atoms with Gasteiger partial charge in [0.15, 0.2) is 5.78 Å². The summed E-state index contributed by atoms with van der Waals surface area (Å²) in [5.74, 6) is 0.232. The van der Waals surface area contributed by atoms with Crippen molar-refractivity contribution < 1.29 is 9.59 Å². The molecule has 0 N–H and O–H groups in total. The molecule has 0 saturated carbocycles. The molecular weight excluding hydrogens is 188 g/mol. The summed E-state index contributed by atoms with van der Waals surface area (Å²) in [6.07, 6.45) is 6.46. The maximum Gasteiger partial charge on any atom is 0.163 e. The van der Waals surface area contributed by atoms with Gasteiger partial charge < -0.3 is 4.79 Å². The van der Waals surface area contributed by atoms with Crippen molar-refractivity contribution in [1.82, 2.24) is 0 Å². The first-order valence-electron chi connectivity index (χ1n) is 5.07. The standard InChI is InChI=1S/C13H12O2/c14-8-2-1-3-10-4-5-11-6-7-13(15)12(11)9-10/h1,3-5,8-9H,2,6-7H2. The van der Waals surface area contributed by atoms with E-state index in [0.717, 1.165) is 29.4 Å². The number of fused-ring (bicyclic) bond motifs is 1. The summed E-state index contributed by atoms with van der Waals surface area (Å²) < 4.78 is 0. The second kappa shape index (κ2) is 4.22. The molecule has 1 aliphatic rings. The largest absolute Gasteiger partial charge is 0.303 e. The highest BCUT2D eigenvalue weighted by Gasteiger charge is 2.18. The van der Waals surface area contributed by atoms with Gasteiger partial charge in [-0.05, 0) is 23.6 Å². The monoisotopic (exact) mass is 200 g/mol. The number of benzene rings is 1. The number of rotatable bonds is 3. The van der Waals surface area contributed by atoms with Crippen molar-refractivity contribution in [2.24, 2.45) is 0 Å². The van der Waals surface area contributed by atoms with Crippen molar-refractivity contribution in [3.63, 3.8) is 0 Å². The number of Topliss-reactive ketones (excluding diaryl/α,β-unsaturated/α-hetero) is 1. The van der Waals surface area contributed by atoms with Gasteiger partial charge in [-0.1, -0.05) is 24.3 Å². The van der Waals surface area contributed by atoms with Crippen molar-refractivity contribution in [1.29, 1.82) is 0 Å². The van der Waals surface area contributed by atoms with Gasteiger partial charge in [-0.3, -0.25) is 4.79 Å². The van der Waals surface area contributed by atoms with E-state index in [-0.39, 0.29) is 5.78 Å². The molecule has 2 heteroatoms. The van der Waals surface area contributed by atoms with E-state index in [1.807, 2.05) is 24.3 Å². The Hall–Kier alpha value is -1.70. The number of ketones is 1. The molecular formula is C13H12O2. The summed E-state index contributed by atoms with van der Waals surface area (Å²) >= 11 is 0. The number of carbonyl (C=O) groups excluding carboxylic acids is 2. The van der Waals surface area contributed by atoms with Crippen LogP contribution in [0.15, 0.2) is 24.3 Å². The first kappa shape index (κ1) is 9.84. The van der Waals surface area contributed by atoms with Crippen LogP contribution in [0.25, 0.3) is 6.08 Å². The molecule has 0 atom stereocenters. The molecule has 1 aromatic carbocycles. The van der Waals surface area contributed by atoms with Crippen LogP contribution in [-0.2, 0) is 11.2 Å². The highest BCUT2D eigenvalue weighted by molar-refractivity contribution is 6.00. The van der Waals surface area contributed by atoms with Crippen molar-refractivity contribution in [2.45, 2.75) is 19.3 Å². The lowest BCUT2D eigenvalue weighted by atomic mass is 10.1. The van der Waals surface area contributed by atoms with Crippen LogP contribution in [0.3, 0.4) is 0 Å². The number of carbonyl (C=O) groups is 2. The van der Waals surface area contributed by atoms with Crippen LogP contribution >= 0.6 is 0 Å². The Balaban J connectivity index is 2.25. The summed E-state index contributed by atoms with van der Waals surface area (Å²) in [7, 11) is 0. The van der Waals surface area contributed by atoms with Gasteiger partial charge in [0.1, 0.15) is 6.29 Å². The van der Waals surface area contributed by atoms with E-state index in [1.165, 1.54) is 0 Å². The lowest BCUT2D eigenvalue weighted by molar-refractivity contribution is -0.107. The molecule has 0 saturated heterocycles. The molecule has 0 amide bonds. The predicted octanol–water partition coefficient (Wildman–Crippen LogP) is 2.42. The third-order valence-corrected chi connectivity index (χ3v) is 2.60. The maximum absolute atomic E-state index is 11.5. The zero-order valence-electron chi connectivity index (χ0n) is 8.40. The first-order chi connectivity index (χ1) is 7.31. The quantitative estimate of drug-likeness (QED) is 0.702. The van der Waals surface area contributed by atoms with Gasteiger partial charge >= 0.3 is 0 Å². The molecule has 2 rings (SSSR count). The third kappa shape index (κ3) is 2.04. The minimum atomic E-state index is 0.232. The number of hydrogen-bond acceptors (Lipinski definition) is 2. The Labute approximate surface area is 88.6 Å². The smallest absolute Gasteiger partial charge is 0.163 e. The third-order valence-electron chi connectivity index (χ3n) is 2.60. The highest BCUT2D eigenvalue weighted by Crippen LogP contribution is 2.23. The van der Waals surface area contributed by atoms with Crippen molar-refractivity contribution in [2.75, 3.05) is 0 Å². The van der Waals surface area contributed by atoms with Crippen LogP contribution in [0.4, 0.5) is 0 Å². The molecule has 0 heterocycles. The Kier molecular flexibility index (Phi) is 2.77. The Bertz CT molecular complexity index is 430. The molecule has 0 unspecified atom stereocenters. The van der Waals surface area contributed by atoms with E-state index >= 15 is 0 Å². The number of aldehydes is 1. The van der Waals surface area contributed by atoms with E-state index < -0.39 is 0 Å². The Morgan fingerprint density at radius 3 is 2.93 bits per heavy atom. The molecule has 0 radical (unpaired) electrons. The zero-order valence-corrected chi connectivity index (χ0v) is 8.40.